The topological polar surface area (TPSA) is 95.9 Å². The zero-order chi connectivity index (χ0) is 22.0. The number of hydrogen-bond donors (Lipinski definition) is 2. The molecule has 1 atom stereocenters. The number of nitrogens with one attached hydrogen (secondary N) is 2. The first kappa shape index (κ1) is 20.7. The van der Waals surface area contributed by atoms with Gasteiger partial charge in [0.05, 0.1) is 28.6 Å². The number of nitrogens with zero attached hydrogens (tertiary/aromatic N) is 5. The zero-order valence-electron chi connectivity index (χ0n) is 17.4. The number of pyridine rings is 2. The second kappa shape index (κ2) is 8.69. The van der Waals surface area contributed by atoms with E-state index in [2.05, 4.69) is 25.6 Å². The molecule has 1 aromatic carbocycles. The largest absolute Gasteiger partial charge is 0.361 e. The first-order chi connectivity index (χ1) is 15.0. The van der Waals surface area contributed by atoms with Gasteiger partial charge in [0.25, 0.3) is 0 Å². The van der Waals surface area contributed by atoms with Gasteiger partial charge in [-0.2, -0.15) is 0 Å². The maximum atomic E-state index is 12.0. The van der Waals surface area contributed by atoms with E-state index < -0.39 is 0 Å². The van der Waals surface area contributed by atoms with Crippen LogP contribution in [0.15, 0.2) is 48.9 Å². The van der Waals surface area contributed by atoms with Crippen molar-refractivity contribution < 1.29 is 4.79 Å². The van der Waals surface area contributed by atoms with Gasteiger partial charge in [0.2, 0.25) is 5.91 Å². The summed E-state index contributed by atoms with van der Waals surface area (Å²) in [5.74, 6) is 1.18. The van der Waals surface area contributed by atoms with Crippen molar-refractivity contribution in [2.75, 3.05) is 30.9 Å². The van der Waals surface area contributed by atoms with Gasteiger partial charge in [0, 0.05) is 31.2 Å². The molecular weight excluding hydrogens is 414 g/mol. The lowest BCUT2D eigenvalue weighted by Crippen LogP contribution is -2.34. The number of carbonyl (C=O) groups excluding carboxylic acids is 1. The maximum absolute atomic E-state index is 12.0. The van der Waals surface area contributed by atoms with Crippen molar-refractivity contribution in [1.29, 1.82) is 0 Å². The number of aromatic nitrogens is 4. The van der Waals surface area contributed by atoms with Crippen LogP contribution in [0.1, 0.15) is 18.5 Å². The molecule has 0 fully saturated rings. The highest BCUT2D eigenvalue weighted by Gasteiger charge is 2.20. The standard InChI is InChI=1S/C22H22ClN7O/c1-13(28-21-20-17(26-12-27-21)8-5-9-25-20)15-10-14-6-4-7-16(23)19(14)29-22(15)30(3)11-18(31)24-2/h4-10,12-13H,11H2,1-3H3,(H,24,31)(H,26,27,28)/t13-/m0/s1. The number of halogens is 1. The molecule has 0 spiro atoms. The van der Waals surface area contributed by atoms with Crippen LogP contribution >= 0.6 is 11.6 Å². The summed E-state index contributed by atoms with van der Waals surface area (Å²) in [6.07, 6.45) is 3.22. The number of anilines is 2. The molecule has 3 aromatic heterocycles. The Balaban J connectivity index is 1.78. The smallest absolute Gasteiger partial charge is 0.239 e. The molecule has 4 aromatic rings. The van der Waals surface area contributed by atoms with Gasteiger partial charge in [-0.1, -0.05) is 23.7 Å². The minimum absolute atomic E-state index is 0.110. The Morgan fingerprint density at radius 1 is 1.16 bits per heavy atom. The summed E-state index contributed by atoms with van der Waals surface area (Å²) in [7, 11) is 3.44. The van der Waals surface area contributed by atoms with Gasteiger partial charge in [0.15, 0.2) is 5.82 Å². The van der Waals surface area contributed by atoms with Gasteiger partial charge in [0.1, 0.15) is 17.7 Å². The van der Waals surface area contributed by atoms with Crippen molar-refractivity contribution >= 4 is 51.1 Å². The summed E-state index contributed by atoms with van der Waals surface area (Å²) >= 11 is 6.39. The minimum Gasteiger partial charge on any atom is -0.361 e. The fourth-order valence-corrected chi connectivity index (χ4v) is 3.67. The molecule has 8 nitrogen and oxygen atoms in total. The summed E-state index contributed by atoms with van der Waals surface area (Å²) in [5.41, 5.74) is 3.04. The number of amides is 1. The van der Waals surface area contributed by atoms with E-state index in [0.717, 1.165) is 16.5 Å². The van der Waals surface area contributed by atoms with E-state index in [4.69, 9.17) is 16.6 Å². The lowest BCUT2D eigenvalue weighted by molar-refractivity contribution is -0.119. The quantitative estimate of drug-likeness (QED) is 0.477. The highest BCUT2D eigenvalue weighted by Crippen LogP contribution is 2.33. The van der Waals surface area contributed by atoms with E-state index in [1.54, 1.807) is 19.3 Å². The predicted octanol–water partition coefficient (Wildman–Crippen LogP) is 3.58. The summed E-state index contributed by atoms with van der Waals surface area (Å²) in [6.45, 7) is 2.18. The molecule has 2 N–H and O–H groups in total. The molecule has 3 heterocycles. The Hall–Kier alpha value is -3.52. The van der Waals surface area contributed by atoms with Crippen LogP contribution in [0.3, 0.4) is 0 Å². The summed E-state index contributed by atoms with van der Waals surface area (Å²) < 4.78 is 0. The number of para-hydroxylation sites is 1. The SMILES string of the molecule is CNC(=O)CN(C)c1nc2c(Cl)cccc2cc1[C@H](C)Nc1ncnc2cccnc12. The van der Waals surface area contributed by atoms with Gasteiger partial charge >= 0.3 is 0 Å². The molecule has 31 heavy (non-hydrogen) atoms. The minimum atomic E-state index is -0.182. The Morgan fingerprint density at radius 2 is 2.00 bits per heavy atom. The Labute approximate surface area is 184 Å². The average molecular weight is 436 g/mol. The second-order valence-electron chi connectivity index (χ2n) is 7.20. The summed E-state index contributed by atoms with van der Waals surface area (Å²) in [4.78, 5) is 31.7. The van der Waals surface area contributed by atoms with Crippen LogP contribution in [0.4, 0.5) is 11.6 Å². The van der Waals surface area contributed by atoms with E-state index in [0.29, 0.717) is 27.7 Å². The first-order valence-corrected chi connectivity index (χ1v) is 10.2. The van der Waals surface area contributed by atoms with Gasteiger partial charge in [-0.05, 0) is 31.2 Å². The molecule has 0 radical (unpaired) electrons. The fraction of sp³-hybridized carbons (Fsp3) is 0.227. The van der Waals surface area contributed by atoms with Crippen LogP contribution in [0.5, 0.6) is 0 Å². The van der Waals surface area contributed by atoms with Crippen LogP contribution in [0.2, 0.25) is 5.02 Å². The van der Waals surface area contributed by atoms with Crippen molar-refractivity contribution in [2.45, 2.75) is 13.0 Å². The number of hydrogen-bond acceptors (Lipinski definition) is 7. The van der Waals surface area contributed by atoms with Crippen molar-refractivity contribution in [2.24, 2.45) is 0 Å². The van der Waals surface area contributed by atoms with E-state index in [1.165, 1.54) is 6.33 Å². The van der Waals surface area contributed by atoms with Gasteiger partial charge in [-0.25, -0.2) is 15.0 Å². The molecule has 0 saturated carbocycles. The lowest BCUT2D eigenvalue weighted by Gasteiger charge is -2.25. The van der Waals surface area contributed by atoms with E-state index in [1.807, 2.05) is 49.2 Å². The van der Waals surface area contributed by atoms with Crippen LogP contribution in [-0.2, 0) is 4.79 Å². The highest BCUT2D eigenvalue weighted by atomic mass is 35.5. The first-order valence-electron chi connectivity index (χ1n) is 9.81. The average Bonchev–Trinajstić information content (AvgIpc) is 2.78. The van der Waals surface area contributed by atoms with Crippen LogP contribution in [0, 0.1) is 0 Å². The molecule has 0 unspecified atom stereocenters. The lowest BCUT2D eigenvalue weighted by atomic mass is 10.1. The molecule has 158 valence electrons. The Kier molecular flexibility index (Phi) is 5.81. The van der Waals surface area contributed by atoms with Crippen molar-refractivity contribution in [3.63, 3.8) is 0 Å². The van der Waals surface area contributed by atoms with E-state index in [9.17, 15) is 4.79 Å². The number of rotatable bonds is 6. The second-order valence-corrected chi connectivity index (χ2v) is 7.61. The predicted molar refractivity (Wildman–Crippen MR) is 123 cm³/mol. The van der Waals surface area contributed by atoms with Crippen molar-refractivity contribution in [1.82, 2.24) is 25.3 Å². The number of carbonyl (C=O) groups is 1. The number of likely N-dealkylation sites (N-methyl/N-ethyl adjacent to an activating group) is 2. The number of benzene rings is 1. The molecule has 0 aliphatic carbocycles. The molecule has 0 saturated heterocycles. The maximum Gasteiger partial charge on any atom is 0.239 e. The third kappa shape index (κ3) is 4.20. The summed E-state index contributed by atoms with van der Waals surface area (Å²) in [5, 5.41) is 7.55. The molecule has 0 bridgehead atoms. The van der Waals surface area contributed by atoms with Crippen LogP contribution in [-0.4, -0.2) is 46.5 Å². The van der Waals surface area contributed by atoms with Crippen LogP contribution in [0.25, 0.3) is 21.9 Å². The molecule has 0 aliphatic heterocycles. The van der Waals surface area contributed by atoms with Crippen LogP contribution < -0.4 is 15.5 Å². The number of fused-ring (bicyclic) bond motifs is 2. The highest BCUT2D eigenvalue weighted by molar-refractivity contribution is 6.35. The van der Waals surface area contributed by atoms with Gasteiger partial charge < -0.3 is 15.5 Å². The van der Waals surface area contributed by atoms with Gasteiger partial charge in [-0.15, -0.1) is 0 Å². The monoisotopic (exact) mass is 435 g/mol. The zero-order valence-corrected chi connectivity index (χ0v) is 18.2. The van der Waals surface area contributed by atoms with E-state index >= 15 is 0 Å². The Morgan fingerprint density at radius 3 is 2.81 bits per heavy atom. The molecule has 1 amide bonds. The third-order valence-corrected chi connectivity index (χ3v) is 5.35. The van der Waals surface area contributed by atoms with Gasteiger partial charge in [-0.3, -0.25) is 9.78 Å². The van der Waals surface area contributed by atoms with Crippen molar-refractivity contribution in [3.05, 3.63) is 59.5 Å². The fourth-order valence-electron chi connectivity index (χ4n) is 3.44. The molecule has 0 aliphatic rings. The molecule has 4 rings (SSSR count). The Bertz CT molecular complexity index is 1260. The van der Waals surface area contributed by atoms with Crippen molar-refractivity contribution in [3.8, 4) is 0 Å². The summed E-state index contributed by atoms with van der Waals surface area (Å²) in [6, 6.07) is 11.3. The third-order valence-electron chi connectivity index (χ3n) is 5.04. The molecule has 9 heteroatoms. The normalized spacial score (nSPS) is 12.0. The molecular formula is C22H22ClN7O. The van der Waals surface area contributed by atoms with E-state index in [-0.39, 0.29) is 18.5 Å².